The lowest BCUT2D eigenvalue weighted by atomic mass is 10.2. The highest BCUT2D eigenvalue weighted by Gasteiger charge is 2.39. The summed E-state index contributed by atoms with van der Waals surface area (Å²) in [6, 6.07) is 6.54. The van der Waals surface area contributed by atoms with E-state index in [4.69, 9.17) is 9.16 Å². The van der Waals surface area contributed by atoms with Crippen molar-refractivity contribution in [1.29, 1.82) is 0 Å². The molecule has 23 heavy (non-hydrogen) atoms. The van der Waals surface area contributed by atoms with Gasteiger partial charge in [0.1, 0.15) is 25.1 Å². The number of rotatable bonds is 7. The lowest BCUT2D eigenvalue weighted by molar-refractivity contribution is 0.0600. The summed E-state index contributed by atoms with van der Waals surface area (Å²) in [6.07, 6.45) is -0.587. The topological polar surface area (TPSA) is 44.8 Å². The maximum absolute atomic E-state index is 13.3. The number of halogens is 1. The van der Waals surface area contributed by atoms with Crippen LogP contribution >= 0.6 is 0 Å². The summed E-state index contributed by atoms with van der Waals surface area (Å²) < 4.78 is 29.5. The molecular weight excluding hydrogens is 315 g/mol. The van der Waals surface area contributed by atoms with Crippen LogP contribution in [-0.2, 0) is 9.16 Å². The van der Waals surface area contributed by atoms with Gasteiger partial charge in [0.2, 0.25) is 0 Å². The Labute approximate surface area is 139 Å². The van der Waals surface area contributed by atoms with Gasteiger partial charge in [-0.25, -0.2) is 9.18 Å². The SMILES string of the molecule is COC(=O)c1ccc(OCC(CF)O[Si](C)(C)C(C)(C)C)cc1. The van der Waals surface area contributed by atoms with E-state index in [0.717, 1.165) is 0 Å². The maximum atomic E-state index is 13.3. The fourth-order valence-electron chi connectivity index (χ4n) is 1.70. The van der Waals surface area contributed by atoms with Gasteiger partial charge in [-0.05, 0) is 42.4 Å². The maximum Gasteiger partial charge on any atom is 0.337 e. The standard InChI is InChI=1S/C17H27FO4Si/c1-17(2,3)23(5,6)22-15(11-18)12-21-14-9-7-13(8-10-14)16(19)20-4/h7-10,15H,11-12H2,1-6H3. The molecule has 1 aromatic rings. The normalized spacial score (nSPS) is 13.5. The van der Waals surface area contributed by atoms with Gasteiger partial charge in [0.15, 0.2) is 8.32 Å². The van der Waals surface area contributed by atoms with E-state index < -0.39 is 27.1 Å². The number of hydrogen-bond donors (Lipinski definition) is 0. The number of hydrogen-bond acceptors (Lipinski definition) is 4. The number of methoxy groups -OCH3 is 1. The van der Waals surface area contributed by atoms with Crippen LogP contribution in [0.15, 0.2) is 24.3 Å². The molecule has 130 valence electrons. The Morgan fingerprint density at radius 1 is 1.22 bits per heavy atom. The van der Waals surface area contributed by atoms with Gasteiger partial charge in [0.05, 0.1) is 12.7 Å². The van der Waals surface area contributed by atoms with Gasteiger partial charge in [-0.3, -0.25) is 0 Å². The first kappa shape index (κ1) is 19.6. The highest BCUT2D eigenvalue weighted by molar-refractivity contribution is 6.74. The van der Waals surface area contributed by atoms with Crippen molar-refractivity contribution in [1.82, 2.24) is 0 Å². The predicted octanol–water partition coefficient (Wildman–Crippen LogP) is 4.21. The van der Waals surface area contributed by atoms with Gasteiger partial charge >= 0.3 is 5.97 Å². The van der Waals surface area contributed by atoms with E-state index in [1.54, 1.807) is 24.3 Å². The summed E-state index contributed by atoms with van der Waals surface area (Å²) in [5, 5.41) is 0.0165. The molecule has 0 aromatic heterocycles. The first-order valence-electron chi connectivity index (χ1n) is 7.65. The summed E-state index contributed by atoms with van der Waals surface area (Å²) in [4.78, 5) is 11.4. The van der Waals surface area contributed by atoms with Crippen molar-refractivity contribution in [2.24, 2.45) is 0 Å². The van der Waals surface area contributed by atoms with E-state index in [9.17, 15) is 9.18 Å². The first-order valence-corrected chi connectivity index (χ1v) is 10.6. The number of ether oxygens (including phenoxy) is 2. The van der Waals surface area contributed by atoms with Crippen molar-refractivity contribution < 1.29 is 23.1 Å². The van der Waals surface area contributed by atoms with Crippen LogP contribution in [0, 0.1) is 0 Å². The molecule has 4 nitrogen and oxygen atoms in total. The van der Waals surface area contributed by atoms with Gasteiger partial charge in [-0.2, -0.15) is 0 Å². The molecule has 0 aliphatic heterocycles. The molecule has 1 unspecified atom stereocenters. The molecule has 0 aliphatic rings. The number of carbonyl (C=O) groups excluding carboxylic acids is 1. The van der Waals surface area contributed by atoms with E-state index in [2.05, 4.69) is 38.6 Å². The zero-order valence-electron chi connectivity index (χ0n) is 14.8. The van der Waals surface area contributed by atoms with Crippen molar-refractivity contribution in [3.63, 3.8) is 0 Å². The van der Waals surface area contributed by atoms with Crippen molar-refractivity contribution in [2.45, 2.75) is 45.0 Å². The Morgan fingerprint density at radius 2 is 1.78 bits per heavy atom. The molecular formula is C17H27FO4Si. The summed E-state index contributed by atoms with van der Waals surface area (Å²) in [5.74, 6) is 0.161. The molecule has 1 rings (SSSR count). The summed E-state index contributed by atoms with van der Waals surface area (Å²) in [7, 11) is -0.707. The molecule has 0 heterocycles. The third kappa shape index (κ3) is 5.62. The predicted molar refractivity (Wildman–Crippen MR) is 91.3 cm³/mol. The molecule has 0 amide bonds. The van der Waals surface area contributed by atoms with Crippen LogP contribution in [0.5, 0.6) is 5.75 Å². The minimum absolute atomic E-state index is 0.0165. The van der Waals surface area contributed by atoms with Gasteiger partial charge in [-0.15, -0.1) is 0 Å². The van der Waals surface area contributed by atoms with Gasteiger partial charge in [0, 0.05) is 0 Å². The fourth-order valence-corrected chi connectivity index (χ4v) is 3.02. The van der Waals surface area contributed by atoms with E-state index in [1.165, 1.54) is 7.11 Å². The summed E-state index contributed by atoms with van der Waals surface area (Å²) in [6.45, 7) is 10.1. The molecule has 0 aliphatic carbocycles. The van der Waals surface area contributed by atoms with Gasteiger partial charge in [0.25, 0.3) is 0 Å². The van der Waals surface area contributed by atoms with Crippen molar-refractivity contribution in [2.75, 3.05) is 20.4 Å². The Balaban J connectivity index is 2.63. The number of alkyl halides is 1. The second kappa shape index (κ2) is 7.92. The molecule has 0 saturated carbocycles. The molecule has 0 N–H and O–H groups in total. The average molecular weight is 342 g/mol. The number of carbonyl (C=O) groups is 1. The molecule has 0 bridgehead atoms. The molecule has 0 spiro atoms. The average Bonchev–Trinajstić information content (AvgIpc) is 2.49. The third-order valence-electron chi connectivity index (χ3n) is 4.15. The van der Waals surface area contributed by atoms with Gasteiger partial charge < -0.3 is 13.9 Å². The van der Waals surface area contributed by atoms with Gasteiger partial charge in [-0.1, -0.05) is 20.8 Å². The zero-order chi connectivity index (χ0) is 17.7. The molecule has 0 saturated heterocycles. The van der Waals surface area contributed by atoms with Crippen LogP contribution in [0.3, 0.4) is 0 Å². The highest BCUT2D eigenvalue weighted by Crippen LogP contribution is 2.37. The number of benzene rings is 1. The van der Waals surface area contributed by atoms with Crippen LogP contribution in [0.2, 0.25) is 18.1 Å². The molecule has 6 heteroatoms. The van der Waals surface area contributed by atoms with Crippen LogP contribution < -0.4 is 4.74 Å². The second-order valence-electron chi connectivity index (χ2n) is 6.98. The first-order chi connectivity index (χ1) is 10.6. The summed E-state index contributed by atoms with van der Waals surface area (Å²) in [5.41, 5.74) is 0.444. The lowest BCUT2D eigenvalue weighted by Gasteiger charge is -2.38. The minimum Gasteiger partial charge on any atom is -0.491 e. The van der Waals surface area contributed by atoms with Crippen LogP contribution in [-0.4, -0.2) is 40.8 Å². The van der Waals surface area contributed by atoms with E-state index in [0.29, 0.717) is 11.3 Å². The second-order valence-corrected chi connectivity index (χ2v) is 11.7. The lowest BCUT2D eigenvalue weighted by Crippen LogP contribution is -2.46. The largest absolute Gasteiger partial charge is 0.491 e. The van der Waals surface area contributed by atoms with Crippen molar-refractivity contribution in [3.05, 3.63) is 29.8 Å². The molecule has 0 radical (unpaired) electrons. The van der Waals surface area contributed by atoms with E-state index in [1.807, 2.05) is 0 Å². The highest BCUT2D eigenvalue weighted by atomic mass is 28.4. The zero-order valence-corrected chi connectivity index (χ0v) is 15.8. The van der Waals surface area contributed by atoms with Crippen LogP contribution in [0.25, 0.3) is 0 Å². The summed E-state index contributed by atoms with van der Waals surface area (Å²) >= 11 is 0. The Morgan fingerprint density at radius 3 is 2.22 bits per heavy atom. The van der Waals surface area contributed by atoms with Crippen molar-refractivity contribution >= 4 is 14.3 Å². The van der Waals surface area contributed by atoms with Crippen LogP contribution in [0.4, 0.5) is 4.39 Å². The monoisotopic (exact) mass is 342 g/mol. The van der Waals surface area contributed by atoms with E-state index in [-0.39, 0.29) is 11.6 Å². The van der Waals surface area contributed by atoms with Crippen LogP contribution in [0.1, 0.15) is 31.1 Å². The Bertz CT molecular complexity index is 508. The molecule has 1 atom stereocenters. The Kier molecular flexibility index (Phi) is 6.77. The Hall–Kier alpha value is -1.40. The number of esters is 1. The third-order valence-corrected chi connectivity index (χ3v) is 8.69. The fraction of sp³-hybridized carbons (Fsp3) is 0.588. The minimum atomic E-state index is -2.04. The van der Waals surface area contributed by atoms with E-state index >= 15 is 0 Å². The van der Waals surface area contributed by atoms with Crippen molar-refractivity contribution in [3.8, 4) is 5.75 Å². The molecule has 0 fully saturated rings. The smallest absolute Gasteiger partial charge is 0.337 e. The molecule has 1 aromatic carbocycles. The quantitative estimate of drug-likeness (QED) is 0.550.